The smallest absolute Gasteiger partial charge is 0.378 e. The van der Waals surface area contributed by atoms with Crippen LogP contribution in [0, 0.1) is 0 Å². The minimum atomic E-state index is -4.36. The molecule has 0 spiro atoms. The van der Waals surface area contributed by atoms with Gasteiger partial charge in [-0.3, -0.25) is 0 Å². The van der Waals surface area contributed by atoms with E-state index in [2.05, 4.69) is 0 Å². The lowest BCUT2D eigenvalue weighted by Crippen LogP contribution is -2.36. The molecule has 0 saturated carbocycles. The number of anilines is 1. The van der Waals surface area contributed by atoms with E-state index in [0.29, 0.717) is 32.0 Å². The molecule has 100 valence electrons. The van der Waals surface area contributed by atoms with Gasteiger partial charge in [-0.05, 0) is 17.7 Å². The first-order valence-electron chi connectivity index (χ1n) is 5.75. The maximum Gasteiger partial charge on any atom is 0.416 e. The third-order valence-electron chi connectivity index (χ3n) is 2.99. The fourth-order valence-electron chi connectivity index (χ4n) is 2.02. The topological polar surface area (TPSA) is 38.5 Å². The van der Waals surface area contributed by atoms with Crippen molar-refractivity contribution in [3.63, 3.8) is 0 Å². The van der Waals surface area contributed by atoms with E-state index in [0.717, 1.165) is 0 Å². The van der Waals surface area contributed by atoms with Crippen LogP contribution < -0.4 is 10.6 Å². The zero-order chi connectivity index (χ0) is 13.2. The first-order chi connectivity index (χ1) is 8.52. The van der Waals surface area contributed by atoms with Crippen LogP contribution in [-0.2, 0) is 17.5 Å². The fraction of sp³-hybridized carbons (Fsp3) is 0.500. The van der Waals surface area contributed by atoms with Crippen molar-refractivity contribution >= 4 is 5.69 Å². The molecule has 1 aliphatic heterocycles. The second-order valence-corrected chi connectivity index (χ2v) is 4.14. The molecule has 0 aromatic heterocycles. The van der Waals surface area contributed by atoms with Gasteiger partial charge >= 0.3 is 6.18 Å². The lowest BCUT2D eigenvalue weighted by Gasteiger charge is -2.29. The van der Waals surface area contributed by atoms with Gasteiger partial charge in [0.2, 0.25) is 0 Å². The summed E-state index contributed by atoms with van der Waals surface area (Å²) in [7, 11) is 0. The van der Waals surface area contributed by atoms with Crippen LogP contribution in [0.2, 0.25) is 0 Å². The molecular weight excluding hydrogens is 245 g/mol. The van der Waals surface area contributed by atoms with Crippen molar-refractivity contribution in [3.8, 4) is 0 Å². The largest absolute Gasteiger partial charge is 0.416 e. The number of nitrogens with zero attached hydrogens (tertiary/aromatic N) is 1. The van der Waals surface area contributed by atoms with Crippen LogP contribution in [0.5, 0.6) is 0 Å². The van der Waals surface area contributed by atoms with Crippen LogP contribution in [0.1, 0.15) is 11.1 Å². The zero-order valence-corrected chi connectivity index (χ0v) is 9.83. The minimum Gasteiger partial charge on any atom is -0.378 e. The maximum absolute atomic E-state index is 12.9. The highest BCUT2D eigenvalue weighted by Gasteiger charge is 2.33. The number of ether oxygens (including phenoxy) is 1. The number of alkyl halides is 3. The van der Waals surface area contributed by atoms with Crippen molar-refractivity contribution < 1.29 is 17.9 Å². The van der Waals surface area contributed by atoms with Crippen molar-refractivity contribution in [1.82, 2.24) is 0 Å². The summed E-state index contributed by atoms with van der Waals surface area (Å²) in [5.74, 6) is 0. The van der Waals surface area contributed by atoms with Gasteiger partial charge in [-0.2, -0.15) is 13.2 Å². The van der Waals surface area contributed by atoms with Crippen molar-refractivity contribution in [3.05, 3.63) is 29.3 Å². The minimum absolute atomic E-state index is 0.113. The highest BCUT2D eigenvalue weighted by Crippen LogP contribution is 2.34. The quantitative estimate of drug-likeness (QED) is 0.884. The highest BCUT2D eigenvalue weighted by molar-refractivity contribution is 5.52. The molecule has 0 radical (unpaired) electrons. The van der Waals surface area contributed by atoms with Crippen LogP contribution in [0.15, 0.2) is 18.2 Å². The lowest BCUT2D eigenvalue weighted by atomic mass is 10.1. The number of nitrogens with two attached hydrogens (primary N) is 1. The standard InChI is InChI=1S/C12H15F3N2O/c13-12(14,15)11-7-10(2-1-9(11)8-16)17-3-5-18-6-4-17/h1-2,7H,3-6,8,16H2. The Labute approximate surface area is 103 Å². The van der Waals surface area contributed by atoms with Crippen LogP contribution in [0.4, 0.5) is 18.9 Å². The number of rotatable bonds is 2. The van der Waals surface area contributed by atoms with Gasteiger partial charge in [0.1, 0.15) is 0 Å². The van der Waals surface area contributed by atoms with Crippen LogP contribution in [0.25, 0.3) is 0 Å². The number of morpholine rings is 1. The monoisotopic (exact) mass is 260 g/mol. The molecule has 3 nitrogen and oxygen atoms in total. The van der Waals surface area contributed by atoms with E-state index in [1.165, 1.54) is 12.1 Å². The SMILES string of the molecule is NCc1ccc(N2CCOCC2)cc1C(F)(F)F. The van der Waals surface area contributed by atoms with Gasteiger partial charge in [-0.1, -0.05) is 6.07 Å². The number of halogens is 3. The average Bonchev–Trinajstić information content (AvgIpc) is 2.38. The van der Waals surface area contributed by atoms with Crippen molar-refractivity contribution in [2.45, 2.75) is 12.7 Å². The summed E-state index contributed by atoms with van der Waals surface area (Å²) in [6.07, 6.45) is -4.36. The number of benzene rings is 1. The molecule has 1 fully saturated rings. The Kier molecular flexibility index (Phi) is 3.77. The fourth-order valence-corrected chi connectivity index (χ4v) is 2.02. The summed E-state index contributed by atoms with van der Waals surface area (Å²) < 4.78 is 43.8. The first kappa shape index (κ1) is 13.2. The van der Waals surface area contributed by atoms with E-state index in [4.69, 9.17) is 10.5 Å². The molecule has 6 heteroatoms. The normalized spacial score (nSPS) is 17.0. The number of hydrogen-bond donors (Lipinski definition) is 1. The van der Waals surface area contributed by atoms with Gasteiger partial charge in [-0.25, -0.2) is 0 Å². The van der Waals surface area contributed by atoms with Crippen molar-refractivity contribution in [1.29, 1.82) is 0 Å². The van der Waals surface area contributed by atoms with Crippen molar-refractivity contribution in [2.75, 3.05) is 31.2 Å². The molecule has 2 rings (SSSR count). The van der Waals surface area contributed by atoms with E-state index in [1.807, 2.05) is 4.90 Å². The first-order valence-corrected chi connectivity index (χ1v) is 5.75. The van der Waals surface area contributed by atoms with Gasteiger partial charge in [0.15, 0.2) is 0 Å². The zero-order valence-electron chi connectivity index (χ0n) is 9.83. The maximum atomic E-state index is 12.9. The Morgan fingerprint density at radius 1 is 1.22 bits per heavy atom. The second kappa shape index (κ2) is 5.16. The predicted octanol–water partition coefficient (Wildman–Crippen LogP) is 2.00. The summed E-state index contributed by atoms with van der Waals surface area (Å²) in [4.78, 5) is 1.89. The third kappa shape index (κ3) is 2.76. The van der Waals surface area contributed by atoms with Crippen LogP contribution in [-0.4, -0.2) is 26.3 Å². The summed E-state index contributed by atoms with van der Waals surface area (Å²) in [6, 6.07) is 4.31. The van der Waals surface area contributed by atoms with Gasteiger partial charge in [0.05, 0.1) is 18.8 Å². The van der Waals surface area contributed by atoms with E-state index < -0.39 is 11.7 Å². The van der Waals surface area contributed by atoms with Gasteiger partial charge in [-0.15, -0.1) is 0 Å². The van der Waals surface area contributed by atoms with Gasteiger partial charge in [0.25, 0.3) is 0 Å². The Morgan fingerprint density at radius 2 is 1.89 bits per heavy atom. The molecule has 2 N–H and O–H groups in total. The van der Waals surface area contributed by atoms with E-state index in [-0.39, 0.29) is 12.1 Å². The molecule has 0 aliphatic carbocycles. The van der Waals surface area contributed by atoms with Crippen LogP contribution >= 0.6 is 0 Å². The summed E-state index contributed by atoms with van der Waals surface area (Å²) in [6.45, 7) is 2.19. The second-order valence-electron chi connectivity index (χ2n) is 4.14. The summed E-state index contributed by atoms with van der Waals surface area (Å²) in [5.41, 5.74) is 5.39. The molecule has 0 bridgehead atoms. The Balaban J connectivity index is 2.33. The molecule has 1 aromatic carbocycles. The summed E-state index contributed by atoms with van der Waals surface area (Å²) in [5, 5.41) is 0. The average molecular weight is 260 g/mol. The van der Waals surface area contributed by atoms with Crippen molar-refractivity contribution in [2.24, 2.45) is 5.73 Å². The molecular formula is C12H15F3N2O. The predicted molar refractivity (Wildman–Crippen MR) is 62.4 cm³/mol. The molecule has 1 aliphatic rings. The molecule has 0 unspecified atom stereocenters. The van der Waals surface area contributed by atoms with E-state index in [1.54, 1.807) is 6.07 Å². The van der Waals surface area contributed by atoms with E-state index in [9.17, 15) is 13.2 Å². The Hall–Kier alpha value is -1.27. The summed E-state index contributed by atoms with van der Waals surface area (Å²) >= 11 is 0. The van der Waals surface area contributed by atoms with Crippen LogP contribution in [0.3, 0.4) is 0 Å². The molecule has 1 aromatic rings. The van der Waals surface area contributed by atoms with E-state index >= 15 is 0 Å². The molecule has 1 saturated heterocycles. The van der Waals surface area contributed by atoms with Gasteiger partial charge in [0, 0.05) is 25.3 Å². The number of hydrogen-bond acceptors (Lipinski definition) is 3. The molecule has 18 heavy (non-hydrogen) atoms. The molecule has 1 heterocycles. The molecule has 0 amide bonds. The highest BCUT2D eigenvalue weighted by atomic mass is 19.4. The Bertz CT molecular complexity index is 414. The molecule has 0 atom stereocenters. The Morgan fingerprint density at radius 3 is 2.44 bits per heavy atom. The third-order valence-corrected chi connectivity index (χ3v) is 2.99. The van der Waals surface area contributed by atoms with Gasteiger partial charge < -0.3 is 15.4 Å². The lowest BCUT2D eigenvalue weighted by molar-refractivity contribution is -0.138.